The molecule has 0 saturated carbocycles. The van der Waals surface area contributed by atoms with E-state index in [2.05, 4.69) is 4.99 Å². The zero-order chi connectivity index (χ0) is 12.5. The number of nitrogens with zero attached hydrogens (tertiary/aromatic N) is 1. The molecule has 3 rings (SSSR count). The van der Waals surface area contributed by atoms with Gasteiger partial charge in [0, 0.05) is 5.56 Å². The fraction of sp³-hybridized carbons (Fsp3) is 0.0667. The number of halogens is 1. The third-order valence-corrected chi connectivity index (χ3v) is 3.33. The van der Waals surface area contributed by atoms with Crippen molar-refractivity contribution in [2.24, 2.45) is 4.99 Å². The average Bonchev–Trinajstić information content (AvgIpc) is 2.40. The quantitative estimate of drug-likeness (QED) is 0.759. The molecule has 0 aromatic heterocycles. The summed E-state index contributed by atoms with van der Waals surface area (Å²) in [7, 11) is 0. The molecule has 0 fully saturated rings. The van der Waals surface area contributed by atoms with Crippen molar-refractivity contribution in [2.75, 3.05) is 0 Å². The first-order chi connectivity index (χ1) is 8.77. The van der Waals surface area contributed by atoms with Crippen LogP contribution in [0.1, 0.15) is 21.8 Å². The summed E-state index contributed by atoms with van der Waals surface area (Å²) in [6, 6.07) is 16.8. The molecule has 1 aliphatic heterocycles. The van der Waals surface area contributed by atoms with Crippen LogP contribution in [-0.2, 0) is 0 Å². The van der Waals surface area contributed by atoms with Crippen molar-refractivity contribution in [2.45, 2.75) is 5.92 Å². The molecule has 0 spiro atoms. The van der Waals surface area contributed by atoms with Gasteiger partial charge in [0.15, 0.2) is 5.78 Å². The number of benzene rings is 2. The molecule has 0 amide bonds. The molecule has 0 saturated heterocycles. The molecular weight excluding hydrogens is 246 g/mol. The van der Waals surface area contributed by atoms with Gasteiger partial charge in [-0.25, -0.2) is 4.99 Å². The predicted molar refractivity (Wildman–Crippen MR) is 72.9 cm³/mol. The van der Waals surface area contributed by atoms with Crippen molar-refractivity contribution in [1.82, 2.24) is 0 Å². The van der Waals surface area contributed by atoms with Crippen LogP contribution in [0.2, 0.25) is 0 Å². The van der Waals surface area contributed by atoms with E-state index in [1.54, 1.807) is 12.1 Å². The number of hydrogen-bond acceptors (Lipinski definition) is 2. The zero-order valence-corrected chi connectivity index (χ0v) is 10.3. The molecule has 3 heteroatoms. The number of hydrogen-bond donors (Lipinski definition) is 0. The van der Waals surface area contributed by atoms with Crippen molar-refractivity contribution in [3.8, 4) is 0 Å². The SMILES string of the molecule is O=C1c2ccccc2N=C(Cl)C1c1ccccc1. The monoisotopic (exact) mass is 255 g/mol. The molecule has 1 unspecified atom stereocenters. The number of rotatable bonds is 1. The van der Waals surface area contributed by atoms with Gasteiger partial charge >= 0.3 is 0 Å². The summed E-state index contributed by atoms with van der Waals surface area (Å²) in [5.41, 5.74) is 2.17. The Labute approximate surface area is 110 Å². The minimum Gasteiger partial charge on any atom is -0.293 e. The summed E-state index contributed by atoms with van der Waals surface area (Å²) < 4.78 is 0. The van der Waals surface area contributed by atoms with E-state index in [4.69, 9.17) is 11.6 Å². The molecule has 88 valence electrons. The number of carbonyl (C=O) groups excluding carboxylic acids is 1. The van der Waals surface area contributed by atoms with E-state index in [0.717, 1.165) is 5.56 Å². The zero-order valence-electron chi connectivity index (χ0n) is 9.51. The van der Waals surface area contributed by atoms with Crippen LogP contribution in [0.15, 0.2) is 59.6 Å². The number of carbonyl (C=O) groups is 1. The minimum atomic E-state index is -0.470. The Hall–Kier alpha value is -1.93. The van der Waals surface area contributed by atoms with Gasteiger partial charge in [0.1, 0.15) is 11.1 Å². The minimum absolute atomic E-state index is 0.0109. The van der Waals surface area contributed by atoms with Crippen LogP contribution < -0.4 is 0 Å². The van der Waals surface area contributed by atoms with Crippen molar-refractivity contribution in [1.29, 1.82) is 0 Å². The number of ketones is 1. The number of aliphatic imine (C=N–C) groups is 1. The summed E-state index contributed by atoms with van der Waals surface area (Å²) in [5.74, 6) is -0.459. The molecule has 2 aromatic rings. The third kappa shape index (κ3) is 1.75. The van der Waals surface area contributed by atoms with E-state index >= 15 is 0 Å². The van der Waals surface area contributed by atoms with Crippen LogP contribution in [0.4, 0.5) is 5.69 Å². The van der Waals surface area contributed by atoms with E-state index in [1.807, 2.05) is 42.5 Å². The molecular formula is C15H10ClNO. The maximum Gasteiger partial charge on any atom is 0.179 e. The second-order valence-electron chi connectivity index (χ2n) is 4.16. The van der Waals surface area contributed by atoms with Crippen LogP contribution in [0, 0.1) is 0 Å². The van der Waals surface area contributed by atoms with E-state index in [0.29, 0.717) is 16.4 Å². The van der Waals surface area contributed by atoms with Gasteiger partial charge in [-0.15, -0.1) is 0 Å². The Bertz CT molecular complexity index is 634. The highest BCUT2D eigenvalue weighted by Gasteiger charge is 2.31. The summed E-state index contributed by atoms with van der Waals surface area (Å²) in [5, 5.41) is 0.338. The predicted octanol–water partition coefficient (Wildman–Crippen LogP) is 3.94. The maximum absolute atomic E-state index is 12.5. The molecule has 0 N–H and O–H groups in total. The summed E-state index contributed by atoms with van der Waals surface area (Å²) in [6.07, 6.45) is 0. The second kappa shape index (κ2) is 4.39. The van der Waals surface area contributed by atoms with Crippen molar-refractivity contribution >= 4 is 28.2 Å². The fourth-order valence-corrected chi connectivity index (χ4v) is 2.47. The molecule has 0 aliphatic carbocycles. The molecule has 1 aliphatic rings. The van der Waals surface area contributed by atoms with E-state index < -0.39 is 5.92 Å². The van der Waals surface area contributed by atoms with E-state index in [1.165, 1.54) is 0 Å². The van der Waals surface area contributed by atoms with Crippen molar-refractivity contribution < 1.29 is 4.79 Å². The highest BCUT2D eigenvalue weighted by atomic mass is 35.5. The van der Waals surface area contributed by atoms with Gasteiger partial charge in [-0.3, -0.25) is 4.79 Å². The standard InChI is InChI=1S/C15H10ClNO/c16-15-13(10-6-2-1-3-7-10)14(18)11-8-4-5-9-12(11)17-15/h1-9,13H. The lowest BCUT2D eigenvalue weighted by molar-refractivity contribution is 0.0982. The van der Waals surface area contributed by atoms with E-state index in [9.17, 15) is 4.79 Å². The summed E-state index contributed by atoms with van der Waals surface area (Å²) >= 11 is 6.17. The summed E-state index contributed by atoms with van der Waals surface area (Å²) in [6.45, 7) is 0. The second-order valence-corrected chi connectivity index (χ2v) is 4.55. The maximum atomic E-state index is 12.5. The molecule has 1 heterocycles. The molecule has 2 nitrogen and oxygen atoms in total. The van der Waals surface area contributed by atoms with Gasteiger partial charge < -0.3 is 0 Å². The van der Waals surface area contributed by atoms with Gasteiger partial charge in [-0.2, -0.15) is 0 Å². The Morgan fingerprint density at radius 3 is 2.39 bits per heavy atom. The van der Waals surface area contributed by atoms with Crippen LogP contribution in [0.5, 0.6) is 0 Å². The fourth-order valence-electron chi connectivity index (χ4n) is 2.16. The molecule has 2 aromatic carbocycles. The van der Waals surface area contributed by atoms with Gasteiger partial charge in [0.05, 0.1) is 5.69 Å². The average molecular weight is 256 g/mol. The topological polar surface area (TPSA) is 29.4 Å². The lowest BCUT2D eigenvalue weighted by atomic mass is 9.89. The Kier molecular flexibility index (Phi) is 2.73. The largest absolute Gasteiger partial charge is 0.293 e. The first-order valence-electron chi connectivity index (χ1n) is 5.69. The third-order valence-electron chi connectivity index (χ3n) is 3.03. The molecule has 1 atom stereocenters. The lowest BCUT2D eigenvalue weighted by Crippen LogP contribution is -2.22. The molecule has 0 radical (unpaired) electrons. The number of Topliss-reactive ketones (excluding diaryl/α,β-unsaturated/α-hetero) is 1. The van der Waals surface area contributed by atoms with Gasteiger partial charge in [-0.05, 0) is 17.7 Å². The summed E-state index contributed by atoms with van der Waals surface area (Å²) in [4.78, 5) is 16.8. The molecule has 18 heavy (non-hydrogen) atoms. The first kappa shape index (κ1) is 11.2. The van der Waals surface area contributed by atoms with E-state index in [-0.39, 0.29) is 5.78 Å². The number of para-hydroxylation sites is 1. The van der Waals surface area contributed by atoms with Crippen LogP contribution in [0.3, 0.4) is 0 Å². The lowest BCUT2D eigenvalue weighted by Gasteiger charge is -2.20. The highest BCUT2D eigenvalue weighted by Crippen LogP contribution is 2.34. The van der Waals surface area contributed by atoms with Crippen LogP contribution >= 0.6 is 11.6 Å². The highest BCUT2D eigenvalue weighted by molar-refractivity contribution is 6.69. The Morgan fingerprint density at radius 1 is 0.944 bits per heavy atom. The van der Waals surface area contributed by atoms with Gasteiger partial charge in [0.2, 0.25) is 0 Å². The Balaban J connectivity index is 2.13. The smallest absolute Gasteiger partial charge is 0.179 e. The number of fused-ring (bicyclic) bond motifs is 1. The normalized spacial score (nSPS) is 18.2. The van der Waals surface area contributed by atoms with Crippen molar-refractivity contribution in [3.05, 3.63) is 65.7 Å². The molecule has 0 bridgehead atoms. The van der Waals surface area contributed by atoms with Crippen LogP contribution in [-0.4, -0.2) is 11.0 Å². The van der Waals surface area contributed by atoms with Gasteiger partial charge in [0.25, 0.3) is 0 Å². The Morgan fingerprint density at radius 2 is 1.61 bits per heavy atom. The van der Waals surface area contributed by atoms with Crippen LogP contribution in [0.25, 0.3) is 0 Å². The first-order valence-corrected chi connectivity index (χ1v) is 6.07. The van der Waals surface area contributed by atoms with Gasteiger partial charge in [-0.1, -0.05) is 54.1 Å². The van der Waals surface area contributed by atoms with Crippen molar-refractivity contribution in [3.63, 3.8) is 0 Å².